The largest absolute Gasteiger partial charge is 0.478 e. The summed E-state index contributed by atoms with van der Waals surface area (Å²) in [5, 5.41) is 0. The zero-order chi connectivity index (χ0) is 18.0. The first-order valence-electron chi connectivity index (χ1n) is 8.80. The van der Waals surface area contributed by atoms with Crippen molar-refractivity contribution in [2.75, 3.05) is 0 Å². The SMILES string of the molecule is C[C@]12[C@H](c3ccccc3)c3ccccc3O[C@@]1(c1ccccc1)C2(Cl)Cl. The Morgan fingerprint density at radius 2 is 1.35 bits per heavy atom. The normalized spacial score (nSPS) is 30.7. The van der Waals surface area contributed by atoms with Crippen LogP contribution in [-0.2, 0) is 5.60 Å². The molecule has 0 aromatic heterocycles. The lowest BCUT2D eigenvalue weighted by atomic mass is 9.74. The molecule has 5 rings (SSSR count). The van der Waals surface area contributed by atoms with Gasteiger partial charge in [-0.1, -0.05) is 109 Å². The van der Waals surface area contributed by atoms with Crippen molar-refractivity contribution in [3.05, 3.63) is 102 Å². The smallest absolute Gasteiger partial charge is 0.177 e. The van der Waals surface area contributed by atoms with Crippen molar-refractivity contribution in [1.29, 1.82) is 0 Å². The Kier molecular flexibility index (Phi) is 3.30. The maximum absolute atomic E-state index is 7.02. The van der Waals surface area contributed by atoms with E-state index in [4.69, 9.17) is 27.9 Å². The monoisotopic (exact) mass is 380 g/mol. The van der Waals surface area contributed by atoms with Crippen LogP contribution in [0.3, 0.4) is 0 Å². The average Bonchev–Trinajstić information content (AvgIpc) is 3.08. The maximum atomic E-state index is 7.02. The van der Waals surface area contributed by atoms with E-state index >= 15 is 0 Å². The Morgan fingerprint density at radius 1 is 0.769 bits per heavy atom. The second-order valence-corrected chi connectivity index (χ2v) is 8.63. The molecule has 0 radical (unpaired) electrons. The molecule has 1 aliphatic carbocycles. The highest BCUT2D eigenvalue weighted by atomic mass is 35.5. The second kappa shape index (κ2) is 5.28. The Balaban J connectivity index is 1.81. The molecule has 26 heavy (non-hydrogen) atoms. The van der Waals surface area contributed by atoms with Crippen LogP contribution in [0.5, 0.6) is 5.75 Å². The molecular formula is C23H18Cl2O. The van der Waals surface area contributed by atoms with Crippen LogP contribution in [0, 0.1) is 5.41 Å². The van der Waals surface area contributed by atoms with E-state index in [1.165, 1.54) is 5.56 Å². The van der Waals surface area contributed by atoms with Gasteiger partial charge in [0.25, 0.3) is 0 Å². The van der Waals surface area contributed by atoms with Gasteiger partial charge < -0.3 is 4.74 Å². The Bertz CT molecular complexity index is 970. The van der Waals surface area contributed by atoms with E-state index in [2.05, 4.69) is 49.4 Å². The molecule has 1 fully saturated rings. The van der Waals surface area contributed by atoms with Crippen LogP contribution in [0.25, 0.3) is 0 Å². The summed E-state index contributed by atoms with van der Waals surface area (Å²) < 4.78 is 5.54. The summed E-state index contributed by atoms with van der Waals surface area (Å²) in [5.74, 6) is 0.898. The van der Waals surface area contributed by atoms with E-state index in [0.29, 0.717) is 0 Å². The van der Waals surface area contributed by atoms with Crippen LogP contribution in [0.4, 0.5) is 0 Å². The highest BCUT2D eigenvalue weighted by Crippen LogP contribution is 2.85. The van der Waals surface area contributed by atoms with E-state index in [1.807, 2.05) is 42.5 Å². The number of ether oxygens (including phenoxy) is 1. The fourth-order valence-electron chi connectivity index (χ4n) is 4.83. The molecule has 0 N–H and O–H groups in total. The molecule has 0 unspecified atom stereocenters. The van der Waals surface area contributed by atoms with Gasteiger partial charge in [0.2, 0.25) is 0 Å². The van der Waals surface area contributed by atoms with E-state index in [0.717, 1.165) is 16.9 Å². The van der Waals surface area contributed by atoms with Gasteiger partial charge in [-0.25, -0.2) is 0 Å². The maximum Gasteiger partial charge on any atom is 0.177 e. The molecular weight excluding hydrogens is 363 g/mol. The molecule has 1 saturated carbocycles. The standard InChI is InChI=1S/C23H18Cl2O/c1-21-20(16-10-4-2-5-11-16)18-14-8-9-15-19(18)26-22(21,23(21,24)25)17-12-6-3-7-13-17/h2-15,20H,1H3/t20-,21+,22-/m1/s1. The summed E-state index contributed by atoms with van der Waals surface area (Å²) in [4.78, 5) is 0. The number of hydrogen-bond donors (Lipinski definition) is 0. The molecule has 0 amide bonds. The van der Waals surface area contributed by atoms with Gasteiger partial charge in [-0.05, 0) is 17.2 Å². The first kappa shape index (κ1) is 16.2. The van der Waals surface area contributed by atoms with Gasteiger partial charge in [-0.15, -0.1) is 0 Å². The van der Waals surface area contributed by atoms with Crippen molar-refractivity contribution in [3.8, 4) is 5.75 Å². The molecule has 3 aromatic carbocycles. The summed E-state index contributed by atoms with van der Waals surface area (Å²) in [6, 6.07) is 28.8. The molecule has 3 aromatic rings. The van der Waals surface area contributed by atoms with Crippen LogP contribution in [-0.4, -0.2) is 4.33 Å². The third-order valence-electron chi connectivity index (χ3n) is 6.15. The Morgan fingerprint density at radius 3 is 2.04 bits per heavy atom. The average molecular weight is 381 g/mol. The Labute approximate surface area is 163 Å². The number of fused-ring (bicyclic) bond motifs is 2. The minimum atomic E-state index is -1.04. The third kappa shape index (κ3) is 1.73. The van der Waals surface area contributed by atoms with Gasteiger partial charge in [-0.3, -0.25) is 0 Å². The van der Waals surface area contributed by atoms with Crippen LogP contribution in [0.1, 0.15) is 29.5 Å². The van der Waals surface area contributed by atoms with Crippen LogP contribution < -0.4 is 4.74 Å². The van der Waals surface area contributed by atoms with Gasteiger partial charge in [0, 0.05) is 11.5 Å². The lowest BCUT2D eigenvalue weighted by Crippen LogP contribution is -2.33. The van der Waals surface area contributed by atoms with Gasteiger partial charge in [0.05, 0.1) is 5.41 Å². The summed E-state index contributed by atoms with van der Waals surface area (Å²) in [5.41, 5.74) is 2.09. The number of hydrogen-bond acceptors (Lipinski definition) is 1. The number of halogens is 2. The molecule has 3 heteroatoms. The Hall–Kier alpha value is -1.96. The van der Waals surface area contributed by atoms with Crippen molar-refractivity contribution >= 4 is 23.2 Å². The minimum absolute atomic E-state index is 0.0452. The first-order chi connectivity index (χ1) is 12.5. The highest BCUT2D eigenvalue weighted by molar-refractivity contribution is 6.53. The van der Waals surface area contributed by atoms with Gasteiger partial charge >= 0.3 is 0 Å². The predicted molar refractivity (Wildman–Crippen MR) is 106 cm³/mol. The number of rotatable bonds is 2. The quantitative estimate of drug-likeness (QED) is 0.474. The molecule has 1 heterocycles. The molecule has 0 saturated heterocycles. The minimum Gasteiger partial charge on any atom is -0.478 e. The van der Waals surface area contributed by atoms with E-state index < -0.39 is 15.3 Å². The molecule has 0 spiro atoms. The number of alkyl halides is 2. The van der Waals surface area contributed by atoms with Crippen molar-refractivity contribution in [3.63, 3.8) is 0 Å². The van der Waals surface area contributed by atoms with Crippen molar-refractivity contribution in [1.82, 2.24) is 0 Å². The summed E-state index contributed by atoms with van der Waals surface area (Å²) in [7, 11) is 0. The predicted octanol–water partition coefficient (Wildman–Crippen LogP) is 6.30. The molecule has 3 atom stereocenters. The lowest BCUT2D eigenvalue weighted by molar-refractivity contribution is 0.102. The van der Waals surface area contributed by atoms with Crippen LogP contribution in [0.15, 0.2) is 84.9 Å². The molecule has 0 bridgehead atoms. The fraction of sp³-hybridized carbons (Fsp3) is 0.217. The van der Waals surface area contributed by atoms with Crippen molar-refractivity contribution in [2.45, 2.75) is 22.8 Å². The van der Waals surface area contributed by atoms with E-state index in [9.17, 15) is 0 Å². The summed E-state index contributed by atoms with van der Waals surface area (Å²) in [6.45, 7) is 2.15. The summed E-state index contributed by atoms with van der Waals surface area (Å²) in [6.07, 6.45) is 0. The topological polar surface area (TPSA) is 9.23 Å². The molecule has 1 aliphatic heterocycles. The zero-order valence-electron chi connectivity index (χ0n) is 14.3. The first-order valence-corrected chi connectivity index (χ1v) is 9.56. The third-order valence-corrected chi connectivity index (χ3v) is 7.46. The van der Waals surface area contributed by atoms with Crippen LogP contribution in [0.2, 0.25) is 0 Å². The molecule has 1 nitrogen and oxygen atoms in total. The number of benzene rings is 3. The van der Waals surface area contributed by atoms with Gasteiger partial charge in [0.1, 0.15) is 5.75 Å². The molecule has 130 valence electrons. The van der Waals surface area contributed by atoms with Gasteiger partial charge in [-0.2, -0.15) is 0 Å². The second-order valence-electron chi connectivity index (χ2n) is 7.31. The van der Waals surface area contributed by atoms with E-state index in [1.54, 1.807) is 0 Å². The number of para-hydroxylation sites is 1. The zero-order valence-corrected chi connectivity index (χ0v) is 15.8. The van der Waals surface area contributed by atoms with Crippen molar-refractivity contribution in [2.24, 2.45) is 5.41 Å². The highest BCUT2D eigenvalue weighted by Gasteiger charge is 2.91. The molecule has 2 aliphatic rings. The van der Waals surface area contributed by atoms with Crippen LogP contribution >= 0.6 is 23.2 Å². The lowest BCUT2D eigenvalue weighted by Gasteiger charge is -2.36. The van der Waals surface area contributed by atoms with Crippen molar-refractivity contribution < 1.29 is 4.74 Å². The van der Waals surface area contributed by atoms with Gasteiger partial charge in [0.15, 0.2) is 9.93 Å². The van der Waals surface area contributed by atoms with E-state index in [-0.39, 0.29) is 5.92 Å². The summed E-state index contributed by atoms with van der Waals surface area (Å²) >= 11 is 14.0. The fourth-order valence-corrected chi connectivity index (χ4v) is 5.91.